The monoisotopic (exact) mass is 381 g/mol. The fourth-order valence-corrected chi connectivity index (χ4v) is 3.04. The minimum atomic E-state index is -4.68. The van der Waals surface area contributed by atoms with Crippen LogP contribution in [0.4, 0.5) is 13.2 Å². The molecule has 1 atom stereocenters. The van der Waals surface area contributed by atoms with Crippen LogP contribution < -0.4 is 0 Å². The van der Waals surface area contributed by atoms with Crippen LogP contribution in [0.2, 0.25) is 10.0 Å². The molecule has 1 unspecified atom stereocenters. The normalized spacial score (nSPS) is 12.8. The van der Waals surface area contributed by atoms with Gasteiger partial charge in [-0.15, -0.1) is 0 Å². The van der Waals surface area contributed by atoms with Gasteiger partial charge in [-0.1, -0.05) is 29.3 Å². The van der Waals surface area contributed by atoms with E-state index in [0.717, 1.165) is 6.07 Å². The standard InChI is InChI=1S/C17H8Cl2F3N3/c18-9-5-11-10(12(8-23)14-3-1-2-4-24-14)7-15(17(20,21)22)25-16(11)13(19)6-9/h1-7,12H. The quantitative estimate of drug-likeness (QED) is 0.579. The largest absolute Gasteiger partial charge is 0.433 e. The van der Waals surface area contributed by atoms with Gasteiger partial charge in [-0.2, -0.15) is 18.4 Å². The fraction of sp³-hybridized carbons (Fsp3) is 0.118. The van der Waals surface area contributed by atoms with Crippen molar-refractivity contribution in [2.24, 2.45) is 0 Å². The lowest BCUT2D eigenvalue weighted by molar-refractivity contribution is -0.141. The molecule has 0 amide bonds. The van der Waals surface area contributed by atoms with Crippen LogP contribution in [0, 0.1) is 11.3 Å². The van der Waals surface area contributed by atoms with Gasteiger partial charge in [0.2, 0.25) is 0 Å². The van der Waals surface area contributed by atoms with Crippen LogP contribution in [-0.2, 0) is 6.18 Å². The molecule has 3 rings (SSSR count). The van der Waals surface area contributed by atoms with Gasteiger partial charge in [0.15, 0.2) is 0 Å². The smallest absolute Gasteiger partial charge is 0.260 e. The highest BCUT2D eigenvalue weighted by Crippen LogP contribution is 2.38. The lowest BCUT2D eigenvalue weighted by Gasteiger charge is -2.16. The number of nitriles is 1. The molecule has 25 heavy (non-hydrogen) atoms. The van der Waals surface area contributed by atoms with E-state index in [0.29, 0.717) is 5.69 Å². The van der Waals surface area contributed by atoms with E-state index in [2.05, 4.69) is 9.97 Å². The molecule has 0 saturated heterocycles. The van der Waals surface area contributed by atoms with Crippen molar-refractivity contribution in [1.82, 2.24) is 9.97 Å². The molecule has 2 heterocycles. The number of fused-ring (bicyclic) bond motifs is 1. The number of pyridine rings is 2. The summed E-state index contributed by atoms with van der Waals surface area (Å²) in [6.07, 6.45) is -3.22. The maximum absolute atomic E-state index is 13.2. The Morgan fingerprint density at radius 2 is 1.88 bits per heavy atom. The zero-order valence-electron chi connectivity index (χ0n) is 12.4. The van der Waals surface area contributed by atoms with Crippen molar-refractivity contribution < 1.29 is 13.2 Å². The van der Waals surface area contributed by atoms with E-state index in [-0.39, 0.29) is 26.5 Å². The summed E-state index contributed by atoms with van der Waals surface area (Å²) in [7, 11) is 0. The Morgan fingerprint density at radius 3 is 2.48 bits per heavy atom. The zero-order valence-corrected chi connectivity index (χ0v) is 13.9. The second-order valence-electron chi connectivity index (χ2n) is 5.19. The molecule has 0 saturated carbocycles. The van der Waals surface area contributed by atoms with Gasteiger partial charge in [0.05, 0.1) is 22.3 Å². The van der Waals surface area contributed by atoms with Gasteiger partial charge in [0.25, 0.3) is 0 Å². The first-order valence-corrected chi connectivity index (χ1v) is 7.74. The van der Waals surface area contributed by atoms with Gasteiger partial charge in [0.1, 0.15) is 11.6 Å². The molecular weight excluding hydrogens is 374 g/mol. The molecular formula is C17H8Cl2F3N3. The topological polar surface area (TPSA) is 49.6 Å². The molecule has 0 fully saturated rings. The Balaban J connectivity index is 2.37. The van der Waals surface area contributed by atoms with Gasteiger partial charge in [-0.3, -0.25) is 4.98 Å². The third-order valence-corrected chi connectivity index (χ3v) is 4.08. The summed E-state index contributed by atoms with van der Waals surface area (Å²) < 4.78 is 39.7. The molecule has 0 N–H and O–H groups in total. The van der Waals surface area contributed by atoms with E-state index < -0.39 is 17.8 Å². The zero-order chi connectivity index (χ0) is 18.2. The van der Waals surface area contributed by atoms with Crippen molar-refractivity contribution in [3.8, 4) is 6.07 Å². The number of rotatable bonds is 2. The summed E-state index contributed by atoms with van der Waals surface area (Å²) in [6.45, 7) is 0. The van der Waals surface area contributed by atoms with Gasteiger partial charge >= 0.3 is 6.18 Å². The van der Waals surface area contributed by atoms with E-state index in [1.54, 1.807) is 18.2 Å². The van der Waals surface area contributed by atoms with Crippen molar-refractivity contribution >= 4 is 34.1 Å². The number of halogens is 5. The first kappa shape index (κ1) is 17.5. The molecule has 126 valence electrons. The molecule has 0 bridgehead atoms. The first-order valence-electron chi connectivity index (χ1n) is 6.98. The second-order valence-corrected chi connectivity index (χ2v) is 6.04. The maximum atomic E-state index is 13.2. The lowest BCUT2D eigenvalue weighted by Crippen LogP contribution is -2.11. The van der Waals surface area contributed by atoms with E-state index in [9.17, 15) is 18.4 Å². The summed E-state index contributed by atoms with van der Waals surface area (Å²) in [5.74, 6) is -1.03. The molecule has 2 aromatic heterocycles. The van der Waals surface area contributed by atoms with Crippen molar-refractivity contribution in [2.75, 3.05) is 0 Å². The predicted octanol–water partition coefficient (Wildman–Crippen LogP) is 5.61. The third-order valence-electron chi connectivity index (χ3n) is 3.58. The molecule has 0 radical (unpaired) electrons. The average Bonchev–Trinajstić information content (AvgIpc) is 2.56. The van der Waals surface area contributed by atoms with E-state index >= 15 is 0 Å². The molecule has 3 nitrogen and oxygen atoms in total. The molecule has 3 aromatic rings. The summed E-state index contributed by atoms with van der Waals surface area (Å²) in [5, 5.41) is 10.1. The number of aromatic nitrogens is 2. The highest BCUT2D eigenvalue weighted by atomic mass is 35.5. The minimum absolute atomic E-state index is 0.0208. The first-order chi connectivity index (χ1) is 11.8. The molecule has 8 heteroatoms. The van der Waals surface area contributed by atoms with Crippen LogP contribution in [0.15, 0.2) is 42.6 Å². The average molecular weight is 382 g/mol. The van der Waals surface area contributed by atoms with Crippen LogP contribution in [0.3, 0.4) is 0 Å². The van der Waals surface area contributed by atoms with E-state index in [1.165, 1.54) is 18.3 Å². The molecule has 1 aromatic carbocycles. The van der Waals surface area contributed by atoms with Crippen molar-refractivity contribution in [3.05, 3.63) is 69.6 Å². The molecule has 0 aliphatic rings. The Bertz CT molecular complexity index is 982. The van der Waals surface area contributed by atoms with Gasteiger partial charge < -0.3 is 0 Å². The fourth-order valence-electron chi connectivity index (χ4n) is 2.50. The highest BCUT2D eigenvalue weighted by molar-refractivity contribution is 6.38. The maximum Gasteiger partial charge on any atom is 0.433 e. The van der Waals surface area contributed by atoms with Crippen LogP contribution in [0.5, 0.6) is 0 Å². The Kier molecular flexibility index (Phi) is 4.55. The van der Waals surface area contributed by atoms with Crippen molar-refractivity contribution in [3.63, 3.8) is 0 Å². The molecule has 0 spiro atoms. The van der Waals surface area contributed by atoms with Gasteiger partial charge in [-0.05, 0) is 35.9 Å². The van der Waals surface area contributed by atoms with Gasteiger partial charge in [-0.25, -0.2) is 4.98 Å². The van der Waals surface area contributed by atoms with Crippen LogP contribution in [-0.4, -0.2) is 9.97 Å². The Morgan fingerprint density at radius 1 is 1.12 bits per heavy atom. The number of hydrogen-bond acceptors (Lipinski definition) is 3. The summed E-state index contributed by atoms with van der Waals surface area (Å²) in [5.41, 5.74) is -0.771. The van der Waals surface area contributed by atoms with Crippen LogP contribution in [0.25, 0.3) is 10.9 Å². The summed E-state index contributed by atoms with van der Waals surface area (Å²) >= 11 is 12.0. The van der Waals surface area contributed by atoms with Crippen molar-refractivity contribution in [2.45, 2.75) is 12.1 Å². The Hall–Kier alpha value is -2.36. The number of alkyl halides is 3. The molecule has 0 aliphatic heterocycles. The number of benzene rings is 1. The van der Waals surface area contributed by atoms with Crippen LogP contribution in [0.1, 0.15) is 22.9 Å². The van der Waals surface area contributed by atoms with E-state index in [1.807, 2.05) is 6.07 Å². The molecule has 0 aliphatic carbocycles. The highest BCUT2D eigenvalue weighted by Gasteiger charge is 2.35. The predicted molar refractivity (Wildman–Crippen MR) is 88.5 cm³/mol. The van der Waals surface area contributed by atoms with Crippen LogP contribution >= 0.6 is 23.2 Å². The summed E-state index contributed by atoms with van der Waals surface area (Å²) in [4.78, 5) is 7.69. The number of nitrogens with zero attached hydrogens (tertiary/aromatic N) is 3. The minimum Gasteiger partial charge on any atom is -0.260 e. The Labute approximate surface area is 150 Å². The third kappa shape index (κ3) is 3.39. The van der Waals surface area contributed by atoms with Crippen molar-refractivity contribution in [1.29, 1.82) is 5.26 Å². The SMILES string of the molecule is N#CC(c1ccccn1)c1cc(C(F)(F)F)nc2c(Cl)cc(Cl)cc12. The lowest BCUT2D eigenvalue weighted by atomic mass is 9.92. The number of hydrogen-bond donors (Lipinski definition) is 0. The van der Waals surface area contributed by atoms with E-state index in [4.69, 9.17) is 23.2 Å². The van der Waals surface area contributed by atoms with Gasteiger partial charge in [0, 0.05) is 16.6 Å². The second kappa shape index (κ2) is 6.51. The summed E-state index contributed by atoms with van der Waals surface area (Å²) in [6, 6.07) is 10.5.